The molecule has 2 nitrogen and oxygen atoms in total. The smallest absolute Gasteiger partial charge is 0.319 e. The fraction of sp³-hybridized carbons (Fsp3) is 0.143. The van der Waals surface area contributed by atoms with E-state index in [2.05, 4.69) is 5.84 Å². The lowest BCUT2D eigenvalue weighted by Gasteiger charge is -2.11. The van der Waals surface area contributed by atoms with E-state index in [9.17, 15) is 26.3 Å². The molecule has 1 rings (SSSR count). The van der Waals surface area contributed by atoms with Crippen LogP contribution in [0.3, 0.4) is 0 Å². The Kier molecular flexibility index (Phi) is 2.80. The summed E-state index contributed by atoms with van der Waals surface area (Å²) in [4.78, 5) is 0. The van der Waals surface area contributed by atoms with E-state index in [1.165, 1.54) is 5.43 Å². The first-order valence-electron chi connectivity index (χ1n) is 3.50. The first-order chi connectivity index (χ1) is 6.79. The van der Waals surface area contributed by atoms with E-state index < -0.39 is 34.9 Å². The fourth-order valence-electron chi connectivity index (χ4n) is 0.934. The molecule has 0 bridgehead atoms. The zero-order valence-corrected chi connectivity index (χ0v) is 6.92. The van der Waals surface area contributed by atoms with Gasteiger partial charge in [-0.05, 0) is 6.07 Å². The minimum absolute atomic E-state index is 0.173. The molecule has 3 N–H and O–H groups in total. The van der Waals surface area contributed by atoms with Crippen LogP contribution in [0.1, 0.15) is 5.56 Å². The van der Waals surface area contributed by atoms with Gasteiger partial charge in [0.15, 0.2) is 17.5 Å². The van der Waals surface area contributed by atoms with Gasteiger partial charge in [0, 0.05) is 0 Å². The van der Waals surface area contributed by atoms with E-state index in [0.29, 0.717) is 0 Å². The number of hydrogen-bond donors (Lipinski definition) is 2. The molecule has 1 aromatic rings. The Morgan fingerprint density at radius 3 is 2.00 bits per heavy atom. The minimum Gasteiger partial charge on any atom is -0.319 e. The van der Waals surface area contributed by atoms with E-state index >= 15 is 0 Å². The molecule has 84 valence electrons. The topological polar surface area (TPSA) is 38.0 Å². The summed E-state index contributed by atoms with van der Waals surface area (Å²) >= 11 is 0. The van der Waals surface area contributed by atoms with Gasteiger partial charge < -0.3 is 5.43 Å². The monoisotopic (exact) mass is 230 g/mol. The largest absolute Gasteiger partial charge is 0.419 e. The lowest BCUT2D eigenvalue weighted by molar-refractivity contribution is -0.140. The van der Waals surface area contributed by atoms with Crippen LogP contribution in [-0.2, 0) is 6.18 Å². The zero-order valence-electron chi connectivity index (χ0n) is 6.92. The number of benzene rings is 1. The Bertz CT molecular complexity index is 386. The second-order valence-corrected chi connectivity index (χ2v) is 2.55. The van der Waals surface area contributed by atoms with Gasteiger partial charge in [-0.15, -0.1) is 0 Å². The third-order valence-corrected chi connectivity index (χ3v) is 1.61. The maximum atomic E-state index is 12.8. The van der Waals surface area contributed by atoms with Crippen LogP contribution in [0.4, 0.5) is 32.0 Å². The Morgan fingerprint density at radius 1 is 1.07 bits per heavy atom. The molecular formula is C7H4F6N2. The third kappa shape index (κ3) is 1.99. The van der Waals surface area contributed by atoms with Gasteiger partial charge in [-0.25, -0.2) is 13.2 Å². The van der Waals surface area contributed by atoms with Crippen LogP contribution in [0, 0.1) is 17.5 Å². The third-order valence-electron chi connectivity index (χ3n) is 1.61. The van der Waals surface area contributed by atoms with Crippen molar-refractivity contribution in [1.82, 2.24) is 0 Å². The Morgan fingerprint density at radius 2 is 1.60 bits per heavy atom. The number of nitrogens with one attached hydrogen (secondary N) is 1. The molecule has 0 unspecified atom stereocenters. The Balaban J connectivity index is 3.48. The van der Waals surface area contributed by atoms with Crippen LogP contribution in [0.2, 0.25) is 0 Å². The molecule has 0 radical (unpaired) electrons. The SMILES string of the molecule is NNc1c(F)cc(C(F)(F)F)c(F)c1F. The molecule has 0 aliphatic carbocycles. The number of rotatable bonds is 1. The van der Waals surface area contributed by atoms with Crippen molar-refractivity contribution in [3.63, 3.8) is 0 Å². The van der Waals surface area contributed by atoms with Gasteiger partial charge in [-0.1, -0.05) is 0 Å². The highest BCUT2D eigenvalue weighted by Gasteiger charge is 2.37. The van der Waals surface area contributed by atoms with Gasteiger partial charge >= 0.3 is 6.18 Å². The summed E-state index contributed by atoms with van der Waals surface area (Å²) in [7, 11) is 0. The molecule has 0 fully saturated rings. The first kappa shape index (κ1) is 11.6. The number of hydrogen-bond acceptors (Lipinski definition) is 2. The normalized spacial score (nSPS) is 11.7. The van der Waals surface area contributed by atoms with Gasteiger partial charge in [-0.2, -0.15) is 13.2 Å². The standard InChI is InChI=1S/C7H4F6N2/c8-3-1-2(7(11,12)13)4(9)5(10)6(3)15-14/h1,15H,14H2. The molecule has 0 aliphatic rings. The Labute approximate surface area is 79.6 Å². The van der Waals surface area contributed by atoms with Gasteiger partial charge in [0.2, 0.25) is 0 Å². The van der Waals surface area contributed by atoms with Crippen LogP contribution >= 0.6 is 0 Å². The van der Waals surface area contributed by atoms with Crippen molar-refractivity contribution >= 4 is 5.69 Å². The molecular weight excluding hydrogens is 226 g/mol. The number of nitrogen functional groups attached to an aromatic ring is 1. The van der Waals surface area contributed by atoms with E-state index in [4.69, 9.17) is 0 Å². The number of alkyl halides is 3. The minimum atomic E-state index is -5.17. The highest BCUT2D eigenvalue weighted by atomic mass is 19.4. The van der Waals surface area contributed by atoms with Crippen LogP contribution < -0.4 is 11.3 Å². The molecule has 15 heavy (non-hydrogen) atoms. The molecule has 0 amide bonds. The van der Waals surface area contributed by atoms with Gasteiger partial charge in [0.25, 0.3) is 0 Å². The van der Waals surface area contributed by atoms with E-state index in [1.807, 2.05) is 0 Å². The summed E-state index contributed by atoms with van der Waals surface area (Å²) in [5.74, 6) is -1.23. The summed E-state index contributed by atoms with van der Waals surface area (Å²) in [6.45, 7) is 0. The van der Waals surface area contributed by atoms with Crippen molar-refractivity contribution < 1.29 is 26.3 Å². The first-order valence-corrected chi connectivity index (χ1v) is 3.50. The van der Waals surface area contributed by atoms with Crippen molar-refractivity contribution in [3.8, 4) is 0 Å². The van der Waals surface area contributed by atoms with Crippen molar-refractivity contribution in [1.29, 1.82) is 0 Å². The molecule has 0 heterocycles. The maximum absolute atomic E-state index is 12.8. The van der Waals surface area contributed by atoms with Gasteiger partial charge in [-0.3, -0.25) is 5.84 Å². The predicted molar refractivity (Wildman–Crippen MR) is 39.1 cm³/mol. The van der Waals surface area contributed by atoms with E-state index in [0.717, 1.165) is 0 Å². The van der Waals surface area contributed by atoms with Gasteiger partial charge in [0.05, 0.1) is 5.56 Å². The van der Waals surface area contributed by atoms with E-state index in [-0.39, 0.29) is 6.07 Å². The number of nitrogens with two attached hydrogens (primary N) is 1. The van der Waals surface area contributed by atoms with Crippen LogP contribution in [-0.4, -0.2) is 0 Å². The molecule has 0 aromatic heterocycles. The van der Waals surface area contributed by atoms with Crippen molar-refractivity contribution in [2.75, 3.05) is 5.43 Å². The number of halogens is 6. The fourth-order valence-corrected chi connectivity index (χ4v) is 0.934. The predicted octanol–water partition coefficient (Wildman–Crippen LogP) is 2.41. The summed E-state index contributed by atoms with van der Waals surface area (Å²) in [6.07, 6.45) is -5.17. The molecule has 1 aromatic carbocycles. The average molecular weight is 230 g/mol. The zero-order chi connectivity index (χ0) is 11.8. The lowest BCUT2D eigenvalue weighted by atomic mass is 10.1. The summed E-state index contributed by atoms with van der Waals surface area (Å²) in [5, 5.41) is 0. The Hall–Kier alpha value is -1.44. The van der Waals surface area contributed by atoms with E-state index in [1.54, 1.807) is 0 Å². The van der Waals surface area contributed by atoms with Crippen molar-refractivity contribution in [2.24, 2.45) is 5.84 Å². The van der Waals surface area contributed by atoms with Crippen LogP contribution in [0.25, 0.3) is 0 Å². The summed E-state index contributed by atoms with van der Waals surface area (Å²) < 4.78 is 74.4. The van der Waals surface area contributed by atoms with Crippen molar-refractivity contribution in [3.05, 3.63) is 29.1 Å². The highest BCUT2D eigenvalue weighted by Crippen LogP contribution is 2.35. The molecule has 0 saturated heterocycles. The maximum Gasteiger partial charge on any atom is 0.419 e. The quantitative estimate of drug-likeness (QED) is 0.336. The molecule has 0 saturated carbocycles. The molecule has 0 spiro atoms. The molecule has 0 atom stereocenters. The van der Waals surface area contributed by atoms with Gasteiger partial charge in [0.1, 0.15) is 5.69 Å². The lowest BCUT2D eigenvalue weighted by Crippen LogP contribution is -2.16. The summed E-state index contributed by atoms with van der Waals surface area (Å²) in [5.41, 5.74) is -1.74. The number of anilines is 1. The molecule has 8 heteroatoms. The second-order valence-electron chi connectivity index (χ2n) is 2.55. The highest BCUT2D eigenvalue weighted by molar-refractivity contribution is 5.48. The summed E-state index contributed by atoms with van der Waals surface area (Å²) in [6, 6.07) is -0.173. The number of hydrazine groups is 1. The van der Waals surface area contributed by atoms with Crippen LogP contribution in [0.5, 0.6) is 0 Å². The average Bonchev–Trinajstić information content (AvgIpc) is 2.10. The van der Waals surface area contributed by atoms with Crippen molar-refractivity contribution in [2.45, 2.75) is 6.18 Å². The molecule has 0 aliphatic heterocycles. The second kappa shape index (κ2) is 3.61. The van der Waals surface area contributed by atoms with Crippen LogP contribution in [0.15, 0.2) is 6.07 Å².